The Hall–Kier alpha value is -0.870. The van der Waals surface area contributed by atoms with Gasteiger partial charge >= 0.3 is 0 Å². The monoisotopic (exact) mass is 265 g/mol. The lowest BCUT2D eigenvalue weighted by molar-refractivity contribution is 0.388. The molecular weight excluding hydrogens is 238 g/mol. The average molecular weight is 265 g/mol. The Labute approximate surface area is 116 Å². The largest absolute Gasteiger partial charge is 0.361 e. The molecule has 1 aromatic rings. The second-order valence-corrected chi connectivity index (χ2v) is 5.82. The lowest BCUT2D eigenvalue weighted by Crippen LogP contribution is -2.36. The second kappa shape index (κ2) is 7.06. The third-order valence-electron chi connectivity index (χ3n) is 4.11. The molecule has 108 valence electrons. The van der Waals surface area contributed by atoms with Crippen LogP contribution >= 0.6 is 0 Å². The van der Waals surface area contributed by atoms with Crippen molar-refractivity contribution in [3.05, 3.63) is 17.0 Å². The fourth-order valence-electron chi connectivity index (χ4n) is 2.84. The summed E-state index contributed by atoms with van der Waals surface area (Å²) < 4.78 is 5.19. The van der Waals surface area contributed by atoms with E-state index >= 15 is 0 Å². The molecule has 2 atom stereocenters. The van der Waals surface area contributed by atoms with Crippen molar-refractivity contribution in [2.24, 2.45) is 0 Å². The van der Waals surface area contributed by atoms with E-state index in [-0.39, 0.29) is 0 Å². The summed E-state index contributed by atoms with van der Waals surface area (Å²) in [4.78, 5) is 0. The Bertz CT molecular complexity index is 361. The quantitative estimate of drug-likeness (QED) is 0.859. The first-order chi connectivity index (χ1) is 9.16. The molecule has 2 rings (SSSR count). The smallest absolute Gasteiger partial charge is 0.138 e. The maximum absolute atomic E-state index is 5.19. The van der Waals surface area contributed by atoms with E-state index in [4.69, 9.17) is 4.52 Å². The first kappa shape index (κ1) is 14.5. The Kier molecular flexibility index (Phi) is 5.40. The lowest BCUT2D eigenvalue weighted by Gasteiger charge is -2.21. The van der Waals surface area contributed by atoms with Crippen LogP contribution in [0.4, 0.5) is 0 Å². The van der Waals surface area contributed by atoms with Crippen molar-refractivity contribution in [3.8, 4) is 0 Å². The standard InChI is InChI=1S/C15H27N3O/c1-11(9-14-7-5-4-6-8-16-14)17-10-15-12(2)18-19-13(15)3/h11,14,16-17H,4-10H2,1-3H3. The fourth-order valence-corrected chi connectivity index (χ4v) is 2.84. The highest BCUT2D eigenvalue weighted by molar-refractivity contribution is 5.20. The second-order valence-electron chi connectivity index (χ2n) is 5.82. The summed E-state index contributed by atoms with van der Waals surface area (Å²) in [7, 11) is 0. The molecule has 2 N–H and O–H groups in total. The third kappa shape index (κ3) is 4.32. The van der Waals surface area contributed by atoms with Gasteiger partial charge < -0.3 is 15.2 Å². The molecule has 1 fully saturated rings. The number of hydrogen-bond acceptors (Lipinski definition) is 4. The van der Waals surface area contributed by atoms with Crippen molar-refractivity contribution in [1.29, 1.82) is 0 Å². The van der Waals surface area contributed by atoms with E-state index in [1.807, 2.05) is 13.8 Å². The molecule has 19 heavy (non-hydrogen) atoms. The van der Waals surface area contributed by atoms with Gasteiger partial charge in [-0.05, 0) is 46.6 Å². The van der Waals surface area contributed by atoms with Crippen LogP contribution in [0.2, 0.25) is 0 Å². The number of nitrogens with one attached hydrogen (secondary N) is 2. The minimum atomic E-state index is 0.518. The van der Waals surface area contributed by atoms with E-state index in [9.17, 15) is 0 Å². The van der Waals surface area contributed by atoms with Crippen molar-refractivity contribution >= 4 is 0 Å². The minimum absolute atomic E-state index is 0.518. The zero-order chi connectivity index (χ0) is 13.7. The summed E-state index contributed by atoms with van der Waals surface area (Å²) in [6.45, 7) is 8.29. The van der Waals surface area contributed by atoms with Crippen molar-refractivity contribution < 1.29 is 4.52 Å². The van der Waals surface area contributed by atoms with Gasteiger partial charge in [0.2, 0.25) is 0 Å². The van der Waals surface area contributed by atoms with Crippen LogP contribution in [-0.4, -0.2) is 23.8 Å². The van der Waals surface area contributed by atoms with Crippen LogP contribution in [0.25, 0.3) is 0 Å². The molecule has 2 heterocycles. The van der Waals surface area contributed by atoms with Crippen molar-refractivity contribution in [2.45, 2.75) is 71.5 Å². The van der Waals surface area contributed by atoms with Crippen LogP contribution in [0.3, 0.4) is 0 Å². The van der Waals surface area contributed by atoms with Gasteiger partial charge in [0, 0.05) is 24.2 Å². The van der Waals surface area contributed by atoms with Gasteiger partial charge in [0.1, 0.15) is 5.76 Å². The Morgan fingerprint density at radius 3 is 2.95 bits per heavy atom. The molecule has 4 nitrogen and oxygen atoms in total. The predicted molar refractivity (Wildman–Crippen MR) is 77.2 cm³/mol. The highest BCUT2D eigenvalue weighted by atomic mass is 16.5. The SMILES string of the molecule is Cc1noc(C)c1CNC(C)CC1CCCCCN1. The summed E-state index contributed by atoms with van der Waals surface area (Å²) in [5.74, 6) is 0.935. The number of rotatable bonds is 5. The summed E-state index contributed by atoms with van der Waals surface area (Å²) in [6.07, 6.45) is 6.59. The van der Waals surface area contributed by atoms with Crippen molar-refractivity contribution in [2.75, 3.05) is 6.54 Å². The molecule has 0 aromatic carbocycles. The third-order valence-corrected chi connectivity index (χ3v) is 4.11. The topological polar surface area (TPSA) is 50.1 Å². The molecule has 1 aliphatic heterocycles. The lowest BCUT2D eigenvalue weighted by atomic mass is 10.0. The fraction of sp³-hybridized carbons (Fsp3) is 0.800. The maximum atomic E-state index is 5.19. The van der Waals surface area contributed by atoms with E-state index < -0.39 is 0 Å². The number of nitrogens with zero attached hydrogens (tertiary/aromatic N) is 1. The van der Waals surface area contributed by atoms with Gasteiger partial charge in [-0.2, -0.15) is 0 Å². The molecule has 0 amide bonds. The van der Waals surface area contributed by atoms with Gasteiger partial charge in [-0.25, -0.2) is 0 Å². The molecule has 2 unspecified atom stereocenters. The first-order valence-electron chi connectivity index (χ1n) is 7.55. The van der Waals surface area contributed by atoms with Gasteiger partial charge in [0.25, 0.3) is 0 Å². The van der Waals surface area contributed by atoms with E-state index in [2.05, 4.69) is 22.7 Å². The summed E-state index contributed by atoms with van der Waals surface area (Å²) in [5.41, 5.74) is 2.21. The molecule has 0 radical (unpaired) electrons. The van der Waals surface area contributed by atoms with Crippen LogP contribution in [0, 0.1) is 13.8 Å². The molecule has 4 heteroatoms. The molecule has 1 aromatic heterocycles. The van der Waals surface area contributed by atoms with E-state index in [1.165, 1.54) is 44.2 Å². The first-order valence-corrected chi connectivity index (χ1v) is 7.55. The van der Waals surface area contributed by atoms with E-state index in [0.717, 1.165) is 18.0 Å². The van der Waals surface area contributed by atoms with Crippen molar-refractivity contribution in [1.82, 2.24) is 15.8 Å². The van der Waals surface area contributed by atoms with Crippen LogP contribution < -0.4 is 10.6 Å². The molecule has 0 saturated carbocycles. The number of aromatic nitrogens is 1. The summed E-state index contributed by atoms with van der Waals surface area (Å²) in [6, 6.07) is 1.19. The van der Waals surface area contributed by atoms with Crippen molar-refractivity contribution in [3.63, 3.8) is 0 Å². The molecule has 1 saturated heterocycles. The summed E-state index contributed by atoms with van der Waals surface area (Å²) in [5, 5.41) is 11.2. The number of hydrogen-bond donors (Lipinski definition) is 2. The minimum Gasteiger partial charge on any atom is -0.361 e. The zero-order valence-corrected chi connectivity index (χ0v) is 12.5. The Morgan fingerprint density at radius 1 is 1.37 bits per heavy atom. The Balaban J connectivity index is 1.76. The van der Waals surface area contributed by atoms with Crippen LogP contribution in [0.15, 0.2) is 4.52 Å². The van der Waals surface area contributed by atoms with Gasteiger partial charge in [-0.1, -0.05) is 18.0 Å². The average Bonchev–Trinajstić information content (AvgIpc) is 2.59. The molecule has 0 bridgehead atoms. The van der Waals surface area contributed by atoms with E-state index in [1.54, 1.807) is 0 Å². The maximum Gasteiger partial charge on any atom is 0.138 e. The highest BCUT2D eigenvalue weighted by Gasteiger charge is 2.16. The van der Waals surface area contributed by atoms with Crippen LogP contribution in [-0.2, 0) is 6.54 Å². The normalized spacial score (nSPS) is 22.2. The van der Waals surface area contributed by atoms with Crippen LogP contribution in [0.1, 0.15) is 56.0 Å². The zero-order valence-electron chi connectivity index (χ0n) is 12.5. The molecule has 0 spiro atoms. The Morgan fingerprint density at radius 2 is 2.21 bits per heavy atom. The molecule has 1 aliphatic rings. The van der Waals surface area contributed by atoms with Gasteiger partial charge in [0.15, 0.2) is 0 Å². The van der Waals surface area contributed by atoms with E-state index in [0.29, 0.717) is 12.1 Å². The van der Waals surface area contributed by atoms with Crippen LogP contribution in [0.5, 0.6) is 0 Å². The van der Waals surface area contributed by atoms with Gasteiger partial charge in [-0.3, -0.25) is 0 Å². The van der Waals surface area contributed by atoms with Gasteiger partial charge in [0.05, 0.1) is 5.69 Å². The highest BCUT2D eigenvalue weighted by Crippen LogP contribution is 2.14. The predicted octanol–water partition coefficient (Wildman–Crippen LogP) is 2.69. The summed E-state index contributed by atoms with van der Waals surface area (Å²) >= 11 is 0. The molecule has 0 aliphatic carbocycles. The number of aryl methyl sites for hydroxylation is 2. The molecular formula is C15H27N3O. The van der Waals surface area contributed by atoms with Gasteiger partial charge in [-0.15, -0.1) is 0 Å².